The summed E-state index contributed by atoms with van der Waals surface area (Å²) >= 11 is 0. The van der Waals surface area contributed by atoms with Crippen LogP contribution < -0.4 is 4.90 Å². The molecule has 0 bridgehead atoms. The third kappa shape index (κ3) is 4.46. The molecule has 2 heterocycles. The van der Waals surface area contributed by atoms with Crippen molar-refractivity contribution < 1.29 is 14.0 Å². The second-order valence-corrected chi connectivity index (χ2v) is 7.50. The van der Waals surface area contributed by atoms with Gasteiger partial charge < -0.3 is 14.7 Å². The summed E-state index contributed by atoms with van der Waals surface area (Å²) in [6.07, 6.45) is 1.94. The van der Waals surface area contributed by atoms with E-state index in [1.54, 1.807) is 15.9 Å². The van der Waals surface area contributed by atoms with Gasteiger partial charge >= 0.3 is 11.8 Å². The lowest BCUT2D eigenvalue weighted by Gasteiger charge is -2.44. The van der Waals surface area contributed by atoms with Crippen LogP contribution in [0, 0.1) is 5.82 Å². The molecular weight excluding hydrogens is 359 g/mol. The van der Waals surface area contributed by atoms with Crippen molar-refractivity contribution in [3.8, 4) is 0 Å². The van der Waals surface area contributed by atoms with E-state index >= 15 is 0 Å². The van der Waals surface area contributed by atoms with Crippen LogP contribution in [0.1, 0.15) is 26.7 Å². The van der Waals surface area contributed by atoms with Gasteiger partial charge in [-0.2, -0.15) is 0 Å². The van der Waals surface area contributed by atoms with Gasteiger partial charge in [-0.25, -0.2) is 4.39 Å². The Balaban J connectivity index is 1.56. The molecule has 0 saturated carbocycles. The average molecular weight is 391 g/mol. The van der Waals surface area contributed by atoms with Crippen LogP contribution in [-0.2, 0) is 9.59 Å². The zero-order valence-electron chi connectivity index (χ0n) is 16.9. The first-order valence-electron chi connectivity index (χ1n) is 10.4. The standard InChI is InChI=1S/C21H31FN4O2/c1-3-23(4-2)20(27)21(28)26-11-7-8-17(16-26)24-12-14-25(15-13-24)19-10-6-5-9-18(19)22/h5-6,9-10,17H,3-4,7-8,11-16H2,1-2H3/t17-/m1/s1. The average Bonchev–Trinajstić information content (AvgIpc) is 2.74. The number of benzene rings is 1. The van der Waals surface area contributed by atoms with Crippen molar-refractivity contribution in [2.45, 2.75) is 32.7 Å². The predicted octanol–water partition coefficient (Wildman–Crippen LogP) is 1.81. The fraction of sp³-hybridized carbons (Fsp3) is 0.619. The van der Waals surface area contributed by atoms with E-state index in [1.807, 2.05) is 26.0 Å². The minimum atomic E-state index is -0.393. The molecule has 1 atom stereocenters. The van der Waals surface area contributed by atoms with E-state index in [4.69, 9.17) is 0 Å². The van der Waals surface area contributed by atoms with Crippen LogP contribution in [0.4, 0.5) is 10.1 Å². The zero-order chi connectivity index (χ0) is 20.1. The molecule has 3 rings (SSSR count). The lowest BCUT2D eigenvalue weighted by atomic mass is 10.0. The fourth-order valence-electron chi connectivity index (χ4n) is 4.25. The second kappa shape index (κ2) is 9.37. The number of likely N-dealkylation sites (N-methyl/N-ethyl adjacent to an activating group) is 1. The lowest BCUT2D eigenvalue weighted by molar-refractivity contribution is -0.152. The van der Waals surface area contributed by atoms with E-state index in [9.17, 15) is 14.0 Å². The number of piperidine rings is 1. The third-order valence-corrected chi connectivity index (χ3v) is 5.94. The summed E-state index contributed by atoms with van der Waals surface area (Å²) in [6, 6.07) is 7.17. The van der Waals surface area contributed by atoms with E-state index in [0.717, 1.165) is 39.0 Å². The maximum Gasteiger partial charge on any atom is 0.312 e. The van der Waals surface area contributed by atoms with E-state index in [0.29, 0.717) is 31.9 Å². The molecule has 2 saturated heterocycles. The molecule has 2 amide bonds. The Morgan fingerprint density at radius 2 is 1.75 bits per heavy atom. The summed E-state index contributed by atoms with van der Waals surface area (Å²) < 4.78 is 14.0. The van der Waals surface area contributed by atoms with Gasteiger partial charge in [0.1, 0.15) is 5.82 Å². The van der Waals surface area contributed by atoms with E-state index in [1.165, 1.54) is 6.07 Å². The van der Waals surface area contributed by atoms with Crippen LogP contribution in [0.2, 0.25) is 0 Å². The minimum Gasteiger partial charge on any atom is -0.367 e. The molecular formula is C21H31FN4O2. The number of para-hydroxylation sites is 1. The van der Waals surface area contributed by atoms with Gasteiger partial charge in [0.05, 0.1) is 5.69 Å². The number of hydrogen-bond acceptors (Lipinski definition) is 4. The second-order valence-electron chi connectivity index (χ2n) is 7.50. The van der Waals surface area contributed by atoms with Crippen LogP contribution in [-0.4, -0.2) is 84.9 Å². The van der Waals surface area contributed by atoms with Gasteiger partial charge in [0.2, 0.25) is 0 Å². The minimum absolute atomic E-state index is 0.180. The van der Waals surface area contributed by atoms with Gasteiger partial charge in [-0.05, 0) is 38.8 Å². The Morgan fingerprint density at radius 1 is 1.07 bits per heavy atom. The number of carbonyl (C=O) groups is 2. The van der Waals surface area contributed by atoms with Gasteiger partial charge in [0, 0.05) is 58.4 Å². The topological polar surface area (TPSA) is 47.1 Å². The normalized spacial score (nSPS) is 20.9. The quantitative estimate of drug-likeness (QED) is 0.736. The number of halogens is 1. The van der Waals surface area contributed by atoms with E-state index in [-0.39, 0.29) is 17.8 Å². The SMILES string of the molecule is CCN(CC)C(=O)C(=O)N1CCC[C@@H](N2CCN(c3ccccc3F)CC2)C1. The molecule has 2 aliphatic rings. The summed E-state index contributed by atoms with van der Waals surface area (Å²) in [6.45, 7) is 9.35. The Kier molecular flexibility index (Phi) is 6.88. The monoisotopic (exact) mass is 390 g/mol. The maximum absolute atomic E-state index is 14.0. The van der Waals surface area contributed by atoms with Crippen LogP contribution in [0.3, 0.4) is 0 Å². The molecule has 0 radical (unpaired) electrons. The molecule has 6 nitrogen and oxygen atoms in total. The smallest absolute Gasteiger partial charge is 0.312 e. The number of rotatable bonds is 4. The highest BCUT2D eigenvalue weighted by Gasteiger charge is 2.33. The van der Waals surface area contributed by atoms with E-state index < -0.39 is 5.91 Å². The molecule has 1 aromatic carbocycles. The Hall–Kier alpha value is -2.15. The van der Waals surface area contributed by atoms with Crippen LogP contribution in [0.25, 0.3) is 0 Å². The van der Waals surface area contributed by atoms with Crippen molar-refractivity contribution in [1.82, 2.24) is 14.7 Å². The van der Waals surface area contributed by atoms with Crippen molar-refractivity contribution >= 4 is 17.5 Å². The predicted molar refractivity (Wildman–Crippen MR) is 108 cm³/mol. The molecule has 0 spiro atoms. The first-order valence-corrected chi connectivity index (χ1v) is 10.4. The molecule has 7 heteroatoms. The van der Waals surface area contributed by atoms with Crippen molar-refractivity contribution in [3.63, 3.8) is 0 Å². The summed E-state index contributed by atoms with van der Waals surface area (Å²) in [7, 11) is 0. The first kappa shape index (κ1) is 20.6. The van der Waals surface area contributed by atoms with Crippen LogP contribution in [0.5, 0.6) is 0 Å². The largest absolute Gasteiger partial charge is 0.367 e. The molecule has 0 N–H and O–H groups in total. The van der Waals surface area contributed by atoms with Gasteiger partial charge in [0.15, 0.2) is 0 Å². The van der Waals surface area contributed by atoms with Crippen LogP contribution >= 0.6 is 0 Å². The molecule has 2 fully saturated rings. The molecule has 1 aromatic rings. The van der Waals surface area contributed by atoms with Crippen molar-refractivity contribution in [1.29, 1.82) is 0 Å². The number of anilines is 1. The molecule has 0 aromatic heterocycles. The molecule has 2 aliphatic heterocycles. The number of nitrogens with zero attached hydrogens (tertiary/aromatic N) is 4. The third-order valence-electron chi connectivity index (χ3n) is 5.94. The summed E-state index contributed by atoms with van der Waals surface area (Å²) in [5.74, 6) is -0.950. The summed E-state index contributed by atoms with van der Waals surface area (Å²) in [5.41, 5.74) is 0.660. The molecule has 154 valence electrons. The first-order chi connectivity index (χ1) is 13.5. The van der Waals surface area contributed by atoms with Gasteiger partial charge in [-0.15, -0.1) is 0 Å². The van der Waals surface area contributed by atoms with Gasteiger partial charge in [-0.3, -0.25) is 14.5 Å². The maximum atomic E-state index is 14.0. The Labute approximate surface area is 166 Å². The van der Waals surface area contributed by atoms with Crippen molar-refractivity contribution in [3.05, 3.63) is 30.1 Å². The zero-order valence-corrected chi connectivity index (χ0v) is 16.9. The number of piperazine rings is 1. The number of likely N-dealkylation sites (tertiary alicyclic amines) is 1. The van der Waals surface area contributed by atoms with Gasteiger partial charge in [-0.1, -0.05) is 12.1 Å². The number of hydrogen-bond donors (Lipinski definition) is 0. The highest BCUT2D eigenvalue weighted by atomic mass is 19.1. The number of carbonyl (C=O) groups excluding carboxylic acids is 2. The van der Waals surface area contributed by atoms with Crippen LogP contribution in [0.15, 0.2) is 24.3 Å². The Morgan fingerprint density at radius 3 is 2.39 bits per heavy atom. The van der Waals surface area contributed by atoms with Gasteiger partial charge in [0.25, 0.3) is 0 Å². The van der Waals surface area contributed by atoms with Crippen molar-refractivity contribution in [2.24, 2.45) is 0 Å². The van der Waals surface area contributed by atoms with E-state index in [2.05, 4.69) is 9.80 Å². The highest BCUT2D eigenvalue weighted by Crippen LogP contribution is 2.23. The fourth-order valence-corrected chi connectivity index (χ4v) is 4.25. The molecule has 28 heavy (non-hydrogen) atoms. The molecule has 0 aliphatic carbocycles. The summed E-state index contributed by atoms with van der Waals surface area (Å²) in [5, 5.41) is 0. The van der Waals surface area contributed by atoms with Crippen molar-refractivity contribution in [2.75, 3.05) is 57.3 Å². The lowest BCUT2D eigenvalue weighted by Crippen LogP contribution is -2.57. The number of amides is 2. The highest BCUT2D eigenvalue weighted by molar-refractivity contribution is 6.34. The summed E-state index contributed by atoms with van der Waals surface area (Å²) in [4.78, 5) is 32.8. The molecule has 0 unspecified atom stereocenters. The Bertz CT molecular complexity index is 687.